The first-order chi connectivity index (χ1) is 11.0. The average molecular weight is 350 g/mol. The lowest BCUT2D eigenvalue weighted by Gasteiger charge is -2.34. The van der Waals surface area contributed by atoms with Gasteiger partial charge in [-0.1, -0.05) is 17.7 Å². The molecule has 0 spiro atoms. The molecule has 1 aromatic heterocycles. The van der Waals surface area contributed by atoms with Crippen molar-refractivity contribution in [3.8, 4) is 0 Å². The molecule has 1 fully saturated rings. The van der Waals surface area contributed by atoms with Crippen molar-refractivity contribution in [2.45, 2.75) is 43.2 Å². The van der Waals surface area contributed by atoms with Gasteiger partial charge in [-0.3, -0.25) is 0 Å². The van der Waals surface area contributed by atoms with Gasteiger partial charge >= 0.3 is 0 Å². The van der Waals surface area contributed by atoms with Crippen molar-refractivity contribution < 1.29 is 8.42 Å². The van der Waals surface area contributed by atoms with Gasteiger partial charge in [0.05, 0.1) is 16.6 Å². The largest absolute Gasteiger partial charge is 0.244 e. The highest BCUT2D eigenvalue weighted by Gasteiger charge is 2.47. The Hall–Kier alpha value is -1.50. The van der Waals surface area contributed by atoms with E-state index in [4.69, 9.17) is 11.6 Å². The number of hydrogen-bond acceptors (Lipinski definition) is 4. The van der Waals surface area contributed by atoms with Crippen LogP contribution in [0, 0.1) is 6.92 Å². The highest BCUT2D eigenvalue weighted by atomic mass is 35.5. The van der Waals surface area contributed by atoms with Gasteiger partial charge in [-0.05, 0) is 37.5 Å². The smallest absolute Gasteiger partial charge is 0.244 e. The van der Waals surface area contributed by atoms with E-state index in [-0.39, 0.29) is 12.1 Å². The minimum Gasteiger partial charge on any atom is -0.244 e. The van der Waals surface area contributed by atoms with Gasteiger partial charge in [0.1, 0.15) is 6.33 Å². The lowest BCUT2D eigenvalue weighted by molar-refractivity contribution is 0.300. The molecule has 4 rings (SSSR count). The number of halogens is 1. The molecule has 0 aliphatic carbocycles. The summed E-state index contributed by atoms with van der Waals surface area (Å²) < 4.78 is 28.2. The Kier molecular flexibility index (Phi) is 3.44. The van der Waals surface area contributed by atoms with Crippen molar-refractivity contribution in [2.24, 2.45) is 0 Å². The summed E-state index contributed by atoms with van der Waals surface area (Å²) in [5, 5.41) is 0.433. The average Bonchev–Trinajstić information content (AvgIpc) is 2.86. The fourth-order valence-corrected chi connectivity index (χ4v) is 6.05. The minimum absolute atomic E-state index is 0.0363. The van der Waals surface area contributed by atoms with E-state index >= 15 is 0 Å². The number of hydrogen-bond donors (Lipinski definition) is 0. The molecule has 2 aliphatic rings. The standard InChI is InChI=1S/C16H16ClN3O2S/c1-10-2-3-11(17)6-16(10)23(21,22)20-12-4-5-15(20)13-8-18-9-19-14(13)7-12/h2-3,6,8-9,12,15H,4-5,7H2,1H3. The fraction of sp³-hybridized carbons (Fsp3) is 0.375. The molecule has 0 amide bonds. The summed E-state index contributed by atoms with van der Waals surface area (Å²) in [7, 11) is -3.60. The Labute approximate surface area is 140 Å². The normalized spacial score (nSPS) is 23.7. The first kappa shape index (κ1) is 15.1. The third-order valence-corrected chi connectivity index (χ3v) is 7.10. The zero-order valence-electron chi connectivity index (χ0n) is 12.6. The monoisotopic (exact) mass is 349 g/mol. The van der Waals surface area contributed by atoms with Crippen LogP contribution in [0.1, 0.15) is 35.7 Å². The zero-order chi connectivity index (χ0) is 16.2. The molecule has 0 radical (unpaired) electrons. The van der Waals surface area contributed by atoms with Crippen molar-refractivity contribution in [3.05, 3.63) is 52.6 Å². The summed E-state index contributed by atoms with van der Waals surface area (Å²) in [6.07, 6.45) is 5.59. The van der Waals surface area contributed by atoms with Gasteiger partial charge < -0.3 is 0 Å². The molecule has 0 N–H and O–H groups in total. The molecule has 120 valence electrons. The highest BCUT2D eigenvalue weighted by Crippen LogP contribution is 2.46. The Bertz CT molecular complexity index is 885. The fourth-order valence-electron chi connectivity index (χ4n) is 3.71. The molecule has 2 unspecified atom stereocenters. The van der Waals surface area contributed by atoms with Gasteiger partial charge in [0.15, 0.2) is 0 Å². The Balaban J connectivity index is 1.84. The molecule has 2 aromatic rings. The molecule has 23 heavy (non-hydrogen) atoms. The summed E-state index contributed by atoms with van der Waals surface area (Å²) in [6.45, 7) is 1.80. The number of sulfonamides is 1. The molecule has 5 nitrogen and oxygen atoms in total. The van der Waals surface area contributed by atoms with Crippen molar-refractivity contribution in [3.63, 3.8) is 0 Å². The maximum atomic E-state index is 13.3. The summed E-state index contributed by atoms with van der Waals surface area (Å²) in [5.41, 5.74) is 2.62. The lowest BCUT2D eigenvalue weighted by Crippen LogP contribution is -2.42. The summed E-state index contributed by atoms with van der Waals surface area (Å²) >= 11 is 6.03. The molecule has 3 heterocycles. The van der Waals surface area contributed by atoms with E-state index in [0.717, 1.165) is 24.1 Å². The lowest BCUT2D eigenvalue weighted by atomic mass is 10.0. The molecule has 2 atom stereocenters. The summed E-state index contributed by atoms with van der Waals surface area (Å²) in [4.78, 5) is 8.70. The van der Waals surface area contributed by atoms with Crippen LogP contribution >= 0.6 is 11.6 Å². The van der Waals surface area contributed by atoms with E-state index in [9.17, 15) is 8.42 Å². The van der Waals surface area contributed by atoms with Gasteiger partial charge in [-0.15, -0.1) is 0 Å². The topological polar surface area (TPSA) is 63.2 Å². The van der Waals surface area contributed by atoms with E-state index in [1.807, 2.05) is 0 Å². The highest BCUT2D eigenvalue weighted by molar-refractivity contribution is 7.89. The van der Waals surface area contributed by atoms with Gasteiger partial charge in [-0.25, -0.2) is 18.4 Å². The van der Waals surface area contributed by atoms with E-state index in [1.54, 1.807) is 35.6 Å². The Morgan fingerprint density at radius 3 is 2.96 bits per heavy atom. The van der Waals surface area contributed by atoms with Crippen LogP contribution < -0.4 is 0 Å². The molecule has 2 aliphatic heterocycles. The van der Waals surface area contributed by atoms with Gasteiger partial charge in [0, 0.05) is 29.2 Å². The molecule has 1 saturated heterocycles. The van der Waals surface area contributed by atoms with Crippen molar-refractivity contribution in [1.82, 2.24) is 14.3 Å². The van der Waals surface area contributed by atoms with Crippen molar-refractivity contribution >= 4 is 21.6 Å². The van der Waals surface area contributed by atoms with E-state index in [1.165, 1.54) is 6.33 Å². The van der Waals surface area contributed by atoms with Crippen LogP contribution in [0.5, 0.6) is 0 Å². The molecular formula is C16H16ClN3O2S. The maximum Gasteiger partial charge on any atom is 0.244 e. The number of fused-ring (bicyclic) bond motifs is 4. The van der Waals surface area contributed by atoms with Crippen molar-refractivity contribution in [2.75, 3.05) is 0 Å². The number of aryl methyl sites for hydroxylation is 1. The van der Waals surface area contributed by atoms with Crippen molar-refractivity contribution in [1.29, 1.82) is 0 Å². The first-order valence-corrected chi connectivity index (χ1v) is 9.39. The zero-order valence-corrected chi connectivity index (χ0v) is 14.2. The number of rotatable bonds is 2. The van der Waals surface area contributed by atoms with Crippen LogP contribution in [-0.4, -0.2) is 28.7 Å². The van der Waals surface area contributed by atoms with Crippen LogP contribution in [-0.2, 0) is 16.4 Å². The Morgan fingerprint density at radius 2 is 2.13 bits per heavy atom. The van der Waals surface area contributed by atoms with Crippen LogP contribution in [0.25, 0.3) is 0 Å². The summed E-state index contributed by atoms with van der Waals surface area (Å²) in [5.74, 6) is 0. The maximum absolute atomic E-state index is 13.3. The van der Waals surface area contributed by atoms with Crippen LogP contribution in [0.15, 0.2) is 35.6 Å². The number of aromatic nitrogens is 2. The van der Waals surface area contributed by atoms with E-state index in [2.05, 4.69) is 9.97 Å². The molecular weight excluding hydrogens is 334 g/mol. The SMILES string of the molecule is Cc1ccc(Cl)cc1S(=O)(=O)N1C2CCC1c1cncnc1C2. The van der Waals surface area contributed by atoms with Gasteiger partial charge in [0.25, 0.3) is 0 Å². The van der Waals surface area contributed by atoms with Crippen LogP contribution in [0.2, 0.25) is 5.02 Å². The Morgan fingerprint density at radius 1 is 1.30 bits per heavy atom. The van der Waals surface area contributed by atoms with Crippen LogP contribution in [0.3, 0.4) is 0 Å². The molecule has 2 bridgehead atoms. The predicted molar refractivity (Wildman–Crippen MR) is 86.7 cm³/mol. The number of nitrogens with zero attached hydrogens (tertiary/aromatic N) is 3. The van der Waals surface area contributed by atoms with E-state index in [0.29, 0.717) is 21.9 Å². The second-order valence-electron chi connectivity index (χ2n) is 6.12. The minimum atomic E-state index is -3.60. The number of benzene rings is 1. The first-order valence-electron chi connectivity index (χ1n) is 7.57. The molecule has 1 aromatic carbocycles. The van der Waals surface area contributed by atoms with Gasteiger partial charge in [-0.2, -0.15) is 4.31 Å². The quantitative estimate of drug-likeness (QED) is 0.836. The third-order valence-electron chi connectivity index (χ3n) is 4.76. The molecule has 7 heteroatoms. The molecule has 0 saturated carbocycles. The predicted octanol–water partition coefficient (Wildman–Crippen LogP) is 2.89. The van der Waals surface area contributed by atoms with E-state index < -0.39 is 10.0 Å². The summed E-state index contributed by atoms with van der Waals surface area (Å²) in [6, 6.07) is 4.80. The second kappa shape index (κ2) is 5.26. The second-order valence-corrected chi connectivity index (χ2v) is 8.37. The third kappa shape index (κ3) is 2.28. The van der Waals surface area contributed by atoms with Crippen LogP contribution in [0.4, 0.5) is 0 Å². The van der Waals surface area contributed by atoms with Gasteiger partial charge in [0.2, 0.25) is 10.0 Å².